The third kappa shape index (κ3) is 3.01. The maximum absolute atomic E-state index is 13.2. The Balaban J connectivity index is 1.47. The number of nitrogens with zero attached hydrogens (tertiary/aromatic N) is 3. The summed E-state index contributed by atoms with van der Waals surface area (Å²) in [6.07, 6.45) is 2.23. The van der Waals surface area contributed by atoms with Crippen molar-refractivity contribution in [3.05, 3.63) is 64.6 Å². The molecule has 0 aliphatic rings. The number of aryl methyl sites for hydroxylation is 1. The minimum Gasteiger partial charge on any atom is -0.350 e. The summed E-state index contributed by atoms with van der Waals surface area (Å²) in [6, 6.07) is 7.81. The van der Waals surface area contributed by atoms with Gasteiger partial charge in [0.05, 0.1) is 16.7 Å². The van der Waals surface area contributed by atoms with E-state index in [1.807, 2.05) is 0 Å². The number of rotatable bonds is 4. The number of hydrogen-bond donors (Lipinski definition) is 2. The fraction of sp³-hybridized carbons (Fsp3) is 0.167. The first-order valence-corrected chi connectivity index (χ1v) is 8.45. The number of H-pyrrole nitrogens is 1. The zero-order valence-electron chi connectivity index (χ0n) is 13.9. The molecule has 0 saturated heterocycles. The Morgan fingerprint density at radius 1 is 1.31 bits per heavy atom. The van der Waals surface area contributed by atoms with E-state index in [1.165, 1.54) is 12.1 Å². The number of aromatic nitrogens is 4. The highest BCUT2D eigenvalue weighted by Gasteiger charge is 2.16. The van der Waals surface area contributed by atoms with Gasteiger partial charge in [0.15, 0.2) is 0 Å². The normalized spacial score (nSPS) is 11.3. The molecular formula is C18H15ClFN5O. The van der Waals surface area contributed by atoms with Gasteiger partial charge in [-0.2, -0.15) is 0 Å². The van der Waals surface area contributed by atoms with E-state index < -0.39 is 0 Å². The van der Waals surface area contributed by atoms with Crippen LogP contribution in [0.3, 0.4) is 0 Å². The number of fused-ring (bicyclic) bond motifs is 2. The molecule has 0 spiro atoms. The van der Waals surface area contributed by atoms with E-state index in [4.69, 9.17) is 11.6 Å². The van der Waals surface area contributed by atoms with Gasteiger partial charge in [-0.1, -0.05) is 11.6 Å². The first kappa shape index (κ1) is 16.5. The van der Waals surface area contributed by atoms with Crippen LogP contribution in [0.2, 0.25) is 5.02 Å². The first-order chi connectivity index (χ1) is 12.5. The molecule has 6 nitrogen and oxygen atoms in total. The van der Waals surface area contributed by atoms with Crippen molar-refractivity contribution in [2.75, 3.05) is 6.54 Å². The van der Waals surface area contributed by atoms with Gasteiger partial charge in [-0.3, -0.25) is 9.20 Å². The Bertz CT molecular complexity index is 1130. The summed E-state index contributed by atoms with van der Waals surface area (Å²) in [6.45, 7) is 2.17. The summed E-state index contributed by atoms with van der Waals surface area (Å²) in [4.78, 5) is 24.4. The zero-order valence-corrected chi connectivity index (χ0v) is 14.6. The summed E-state index contributed by atoms with van der Waals surface area (Å²) >= 11 is 5.97. The second kappa shape index (κ2) is 6.42. The van der Waals surface area contributed by atoms with E-state index in [0.717, 1.165) is 0 Å². The van der Waals surface area contributed by atoms with Crippen molar-refractivity contribution in [1.29, 1.82) is 0 Å². The van der Waals surface area contributed by atoms with Crippen LogP contribution in [0.5, 0.6) is 0 Å². The number of halogens is 2. The van der Waals surface area contributed by atoms with E-state index in [-0.39, 0.29) is 11.7 Å². The summed E-state index contributed by atoms with van der Waals surface area (Å²) < 4.78 is 14.9. The molecule has 8 heteroatoms. The highest BCUT2D eigenvalue weighted by molar-refractivity contribution is 6.30. The molecule has 26 heavy (non-hydrogen) atoms. The number of hydrogen-bond acceptors (Lipinski definition) is 3. The van der Waals surface area contributed by atoms with Crippen molar-refractivity contribution in [1.82, 2.24) is 24.7 Å². The molecule has 0 fully saturated rings. The molecule has 0 bridgehead atoms. The van der Waals surface area contributed by atoms with Crippen molar-refractivity contribution >= 4 is 34.2 Å². The maximum atomic E-state index is 13.2. The van der Waals surface area contributed by atoms with E-state index in [0.29, 0.717) is 51.9 Å². The number of imidazole rings is 2. The van der Waals surface area contributed by atoms with Crippen LogP contribution in [-0.2, 0) is 6.42 Å². The number of amides is 1. The smallest absolute Gasteiger partial charge is 0.270 e. The van der Waals surface area contributed by atoms with Gasteiger partial charge in [0, 0.05) is 30.3 Å². The molecule has 0 atom stereocenters. The Hall–Kier alpha value is -2.93. The Kier molecular flexibility index (Phi) is 4.08. The van der Waals surface area contributed by atoms with Crippen molar-refractivity contribution in [3.63, 3.8) is 0 Å². The third-order valence-electron chi connectivity index (χ3n) is 4.12. The molecule has 0 aliphatic carbocycles. The van der Waals surface area contributed by atoms with Crippen LogP contribution in [0.4, 0.5) is 4.39 Å². The van der Waals surface area contributed by atoms with E-state index in [9.17, 15) is 9.18 Å². The van der Waals surface area contributed by atoms with Gasteiger partial charge in [-0.25, -0.2) is 14.4 Å². The molecule has 4 rings (SSSR count). The van der Waals surface area contributed by atoms with Gasteiger partial charge < -0.3 is 10.3 Å². The van der Waals surface area contributed by atoms with Crippen LogP contribution in [-0.4, -0.2) is 31.8 Å². The van der Waals surface area contributed by atoms with Crippen LogP contribution in [0.1, 0.15) is 22.0 Å². The zero-order chi connectivity index (χ0) is 18.3. The average Bonchev–Trinajstić information content (AvgIpc) is 3.13. The fourth-order valence-corrected chi connectivity index (χ4v) is 3.10. The molecule has 0 aliphatic heterocycles. The number of benzene rings is 1. The molecule has 1 aromatic carbocycles. The highest BCUT2D eigenvalue weighted by atomic mass is 35.5. The standard InChI is InChI=1S/C18H15ClFN5O/c1-10-17(25-7-5-11(19)8-16(25)22-10)18(26)21-6-4-15-23-13-3-2-12(20)9-14(13)24-15/h2-3,5,7-9H,4,6H2,1H3,(H,21,26)(H,23,24). The molecule has 0 saturated carbocycles. The van der Waals surface area contributed by atoms with Crippen LogP contribution >= 0.6 is 11.6 Å². The van der Waals surface area contributed by atoms with Crippen molar-refractivity contribution in [3.8, 4) is 0 Å². The van der Waals surface area contributed by atoms with Gasteiger partial charge in [0.1, 0.15) is 23.0 Å². The molecular weight excluding hydrogens is 357 g/mol. The summed E-state index contributed by atoms with van der Waals surface area (Å²) in [7, 11) is 0. The van der Waals surface area contributed by atoms with Crippen molar-refractivity contribution in [2.45, 2.75) is 13.3 Å². The lowest BCUT2D eigenvalue weighted by Gasteiger charge is -2.05. The molecule has 132 valence electrons. The fourth-order valence-electron chi connectivity index (χ4n) is 2.94. The first-order valence-electron chi connectivity index (χ1n) is 8.08. The molecule has 2 N–H and O–H groups in total. The van der Waals surface area contributed by atoms with Crippen molar-refractivity contribution in [2.24, 2.45) is 0 Å². The molecule has 0 unspecified atom stereocenters. The largest absolute Gasteiger partial charge is 0.350 e. The minimum absolute atomic E-state index is 0.223. The van der Waals surface area contributed by atoms with E-state index >= 15 is 0 Å². The SMILES string of the molecule is Cc1nc2cc(Cl)ccn2c1C(=O)NCCc1nc2ccc(F)cc2[nH]1. The van der Waals surface area contributed by atoms with E-state index in [2.05, 4.69) is 20.3 Å². The van der Waals surface area contributed by atoms with Crippen LogP contribution in [0, 0.1) is 12.7 Å². The van der Waals surface area contributed by atoms with Gasteiger partial charge in [0.25, 0.3) is 5.91 Å². The Morgan fingerprint density at radius 2 is 2.15 bits per heavy atom. The second-order valence-corrected chi connectivity index (χ2v) is 6.41. The summed E-state index contributed by atoms with van der Waals surface area (Å²) in [5, 5.41) is 3.44. The Morgan fingerprint density at radius 3 is 3.00 bits per heavy atom. The van der Waals surface area contributed by atoms with Crippen LogP contribution in [0.15, 0.2) is 36.5 Å². The number of carbonyl (C=O) groups excluding carboxylic acids is 1. The number of carbonyl (C=O) groups is 1. The number of aromatic amines is 1. The van der Waals surface area contributed by atoms with Crippen molar-refractivity contribution < 1.29 is 9.18 Å². The number of nitrogens with one attached hydrogen (secondary N) is 2. The van der Waals surface area contributed by atoms with Gasteiger partial charge in [-0.05, 0) is 31.2 Å². The Labute approximate surface area is 153 Å². The van der Waals surface area contributed by atoms with Gasteiger partial charge in [-0.15, -0.1) is 0 Å². The predicted octanol–water partition coefficient (Wildman–Crippen LogP) is 3.28. The maximum Gasteiger partial charge on any atom is 0.270 e. The van der Waals surface area contributed by atoms with Crippen LogP contribution in [0.25, 0.3) is 16.7 Å². The highest BCUT2D eigenvalue weighted by Crippen LogP contribution is 2.17. The predicted molar refractivity (Wildman–Crippen MR) is 97.0 cm³/mol. The second-order valence-electron chi connectivity index (χ2n) is 5.97. The quantitative estimate of drug-likeness (QED) is 0.578. The molecule has 0 radical (unpaired) electrons. The molecule has 1 amide bonds. The lowest BCUT2D eigenvalue weighted by molar-refractivity contribution is 0.0947. The third-order valence-corrected chi connectivity index (χ3v) is 4.35. The van der Waals surface area contributed by atoms with Crippen LogP contribution < -0.4 is 5.32 Å². The topological polar surface area (TPSA) is 75.1 Å². The molecule has 3 aromatic heterocycles. The minimum atomic E-state index is -0.316. The molecule has 4 aromatic rings. The summed E-state index contributed by atoms with van der Waals surface area (Å²) in [5.41, 5.74) is 3.06. The number of pyridine rings is 1. The average molecular weight is 372 g/mol. The van der Waals surface area contributed by atoms with Gasteiger partial charge in [0.2, 0.25) is 0 Å². The lowest BCUT2D eigenvalue weighted by Crippen LogP contribution is -2.27. The summed E-state index contributed by atoms with van der Waals surface area (Å²) in [5.74, 6) is 0.149. The monoisotopic (exact) mass is 371 g/mol. The van der Waals surface area contributed by atoms with Gasteiger partial charge >= 0.3 is 0 Å². The van der Waals surface area contributed by atoms with E-state index in [1.54, 1.807) is 35.7 Å². The molecule has 3 heterocycles. The lowest BCUT2D eigenvalue weighted by atomic mass is 10.3.